The van der Waals surface area contributed by atoms with Crippen molar-refractivity contribution in [1.82, 2.24) is 5.32 Å². The van der Waals surface area contributed by atoms with Crippen molar-refractivity contribution in [2.75, 3.05) is 6.54 Å². The number of hydrogen-bond acceptors (Lipinski definition) is 2. The fraction of sp³-hybridized carbons (Fsp3) is 0.294. The maximum atomic E-state index is 12.9. The Kier molecular flexibility index (Phi) is 4.74. The van der Waals surface area contributed by atoms with Gasteiger partial charge in [-0.2, -0.15) is 0 Å². The molecule has 0 spiro atoms. The highest BCUT2D eigenvalue weighted by Gasteiger charge is 2.10. The largest absolute Gasteiger partial charge is 0.508 e. The van der Waals surface area contributed by atoms with Crippen LogP contribution in [0.3, 0.4) is 0 Å². The summed E-state index contributed by atoms with van der Waals surface area (Å²) < 4.78 is 12.9. The SMILES string of the molecule is Cc1cccc(CCNC(C)c2ccc(F)cc2O)c1. The summed E-state index contributed by atoms with van der Waals surface area (Å²) in [6.45, 7) is 4.85. The standard InChI is InChI=1S/C17H20FNO/c1-12-4-3-5-14(10-12)8-9-19-13(2)16-7-6-15(18)11-17(16)20/h3-7,10-11,13,19-20H,8-9H2,1-2H3. The minimum Gasteiger partial charge on any atom is -0.508 e. The summed E-state index contributed by atoms with van der Waals surface area (Å²) in [6, 6.07) is 12.5. The molecule has 0 aliphatic rings. The van der Waals surface area contributed by atoms with Gasteiger partial charge in [-0.15, -0.1) is 0 Å². The zero-order chi connectivity index (χ0) is 14.5. The van der Waals surface area contributed by atoms with Gasteiger partial charge in [-0.1, -0.05) is 35.9 Å². The van der Waals surface area contributed by atoms with Gasteiger partial charge in [0.2, 0.25) is 0 Å². The average molecular weight is 273 g/mol. The van der Waals surface area contributed by atoms with Crippen molar-refractivity contribution in [3.63, 3.8) is 0 Å². The lowest BCUT2D eigenvalue weighted by molar-refractivity contribution is 0.447. The van der Waals surface area contributed by atoms with Gasteiger partial charge in [0.15, 0.2) is 0 Å². The second kappa shape index (κ2) is 6.53. The number of nitrogens with one attached hydrogen (secondary N) is 1. The van der Waals surface area contributed by atoms with E-state index in [2.05, 4.69) is 36.5 Å². The van der Waals surface area contributed by atoms with E-state index in [0.29, 0.717) is 0 Å². The molecule has 0 aromatic heterocycles. The first-order valence-corrected chi connectivity index (χ1v) is 6.83. The molecule has 2 rings (SSSR count). The van der Waals surface area contributed by atoms with E-state index in [1.807, 2.05) is 6.92 Å². The van der Waals surface area contributed by atoms with E-state index < -0.39 is 5.82 Å². The third-order valence-corrected chi connectivity index (χ3v) is 3.41. The summed E-state index contributed by atoms with van der Waals surface area (Å²) in [4.78, 5) is 0. The first-order valence-electron chi connectivity index (χ1n) is 6.83. The Bertz CT molecular complexity index is 583. The molecular formula is C17H20FNO. The predicted octanol–water partition coefficient (Wildman–Crippen LogP) is 3.73. The lowest BCUT2D eigenvalue weighted by atomic mass is 10.1. The van der Waals surface area contributed by atoms with Gasteiger partial charge in [-0.05, 0) is 38.4 Å². The van der Waals surface area contributed by atoms with Crippen molar-refractivity contribution in [1.29, 1.82) is 0 Å². The van der Waals surface area contributed by atoms with Crippen LogP contribution in [0.4, 0.5) is 4.39 Å². The molecule has 106 valence electrons. The lowest BCUT2D eigenvalue weighted by Gasteiger charge is -2.15. The van der Waals surface area contributed by atoms with Crippen molar-refractivity contribution in [2.45, 2.75) is 26.3 Å². The molecule has 2 nitrogen and oxygen atoms in total. The first-order chi connectivity index (χ1) is 9.56. The Labute approximate surface area is 119 Å². The summed E-state index contributed by atoms with van der Waals surface area (Å²) in [6.07, 6.45) is 0.925. The molecular weight excluding hydrogens is 253 g/mol. The van der Waals surface area contributed by atoms with Gasteiger partial charge in [0.1, 0.15) is 11.6 Å². The van der Waals surface area contributed by atoms with E-state index in [0.717, 1.165) is 24.6 Å². The molecule has 2 N–H and O–H groups in total. The Morgan fingerprint density at radius 2 is 2.00 bits per heavy atom. The number of rotatable bonds is 5. The second-order valence-electron chi connectivity index (χ2n) is 5.12. The average Bonchev–Trinajstić information content (AvgIpc) is 2.38. The van der Waals surface area contributed by atoms with Crippen LogP contribution in [0, 0.1) is 12.7 Å². The fourth-order valence-corrected chi connectivity index (χ4v) is 2.29. The van der Waals surface area contributed by atoms with E-state index >= 15 is 0 Å². The van der Waals surface area contributed by atoms with Crippen molar-refractivity contribution in [2.24, 2.45) is 0 Å². The van der Waals surface area contributed by atoms with Crippen LogP contribution in [0.15, 0.2) is 42.5 Å². The topological polar surface area (TPSA) is 32.3 Å². The molecule has 0 fully saturated rings. The predicted molar refractivity (Wildman–Crippen MR) is 79.4 cm³/mol. The highest BCUT2D eigenvalue weighted by molar-refractivity contribution is 5.34. The normalized spacial score (nSPS) is 12.3. The van der Waals surface area contributed by atoms with Gasteiger partial charge in [0.05, 0.1) is 0 Å². The molecule has 0 radical (unpaired) electrons. The molecule has 3 heteroatoms. The number of aromatic hydroxyl groups is 1. The molecule has 0 aliphatic carbocycles. The number of phenolic OH excluding ortho intramolecular Hbond substituents is 1. The van der Waals surface area contributed by atoms with Crippen LogP contribution in [0.2, 0.25) is 0 Å². The van der Waals surface area contributed by atoms with E-state index in [1.165, 1.54) is 17.2 Å². The maximum Gasteiger partial charge on any atom is 0.126 e. The Balaban J connectivity index is 1.90. The minimum absolute atomic E-state index is 0.000514. The van der Waals surface area contributed by atoms with Crippen molar-refractivity contribution < 1.29 is 9.50 Å². The third kappa shape index (κ3) is 3.81. The summed E-state index contributed by atoms with van der Waals surface area (Å²) >= 11 is 0. The number of hydrogen-bond donors (Lipinski definition) is 2. The molecule has 0 aliphatic heterocycles. The van der Waals surface area contributed by atoms with Gasteiger partial charge < -0.3 is 10.4 Å². The molecule has 0 bridgehead atoms. The first kappa shape index (κ1) is 14.5. The Morgan fingerprint density at radius 3 is 2.70 bits per heavy atom. The molecule has 0 heterocycles. The van der Waals surface area contributed by atoms with Crippen molar-refractivity contribution in [3.8, 4) is 5.75 Å². The Hall–Kier alpha value is -1.87. The summed E-state index contributed by atoms with van der Waals surface area (Å²) in [7, 11) is 0. The third-order valence-electron chi connectivity index (χ3n) is 3.41. The van der Waals surface area contributed by atoms with Crippen LogP contribution in [-0.2, 0) is 6.42 Å². The minimum atomic E-state index is -0.418. The van der Waals surface area contributed by atoms with Crippen LogP contribution in [-0.4, -0.2) is 11.7 Å². The van der Waals surface area contributed by atoms with Gasteiger partial charge in [-0.3, -0.25) is 0 Å². The molecule has 0 amide bonds. The van der Waals surface area contributed by atoms with Crippen molar-refractivity contribution in [3.05, 3.63) is 65.0 Å². The molecule has 20 heavy (non-hydrogen) atoms. The second-order valence-corrected chi connectivity index (χ2v) is 5.12. The monoisotopic (exact) mass is 273 g/mol. The number of phenols is 1. The molecule has 2 aromatic rings. The van der Waals surface area contributed by atoms with Gasteiger partial charge in [0.25, 0.3) is 0 Å². The molecule has 2 aromatic carbocycles. The molecule has 1 atom stereocenters. The summed E-state index contributed by atoms with van der Waals surface area (Å²) in [5.74, 6) is -0.418. The number of benzene rings is 2. The molecule has 0 saturated carbocycles. The van der Waals surface area contributed by atoms with Gasteiger partial charge in [-0.25, -0.2) is 4.39 Å². The van der Waals surface area contributed by atoms with Crippen molar-refractivity contribution >= 4 is 0 Å². The van der Waals surface area contributed by atoms with E-state index in [4.69, 9.17) is 0 Å². The number of halogens is 1. The van der Waals surface area contributed by atoms with Crippen LogP contribution in [0.25, 0.3) is 0 Å². The lowest BCUT2D eigenvalue weighted by Crippen LogP contribution is -2.21. The van der Waals surface area contributed by atoms with Crippen LogP contribution < -0.4 is 5.32 Å². The maximum absolute atomic E-state index is 12.9. The van der Waals surface area contributed by atoms with E-state index in [1.54, 1.807) is 6.07 Å². The quantitative estimate of drug-likeness (QED) is 0.870. The summed E-state index contributed by atoms with van der Waals surface area (Å²) in [5.41, 5.74) is 3.26. The molecule has 0 saturated heterocycles. The van der Waals surface area contributed by atoms with Crippen LogP contribution in [0.5, 0.6) is 5.75 Å². The summed E-state index contributed by atoms with van der Waals surface area (Å²) in [5, 5.41) is 13.1. The zero-order valence-corrected chi connectivity index (χ0v) is 11.9. The molecule has 1 unspecified atom stereocenters. The Morgan fingerprint density at radius 1 is 1.20 bits per heavy atom. The van der Waals surface area contributed by atoms with Gasteiger partial charge in [0, 0.05) is 17.7 Å². The smallest absolute Gasteiger partial charge is 0.126 e. The van der Waals surface area contributed by atoms with E-state index in [-0.39, 0.29) is 11.8 Å². The fourth-order valence-electron chi connectivity index (χ4n) is 2.29. The van der Waals surface area contributed by atoms with Gasteiger partial charge >= 0.3 is 0 Å². The number of aryl methyl sites for hydroxylation is 1. The van der Waals surface area contributed by atoms with E-state index in [9.17, 15) is 9.50 Å². The highest BCUT2D eigenvalue weighted by Crippen LogP contribution is 2.24. The van der Waals surface area contributed by atoms with Crippen LogP contribution in [0.1, 0.15) is 29.7 Å². The highest BCUT2D eigenvalue weighted by atomic mass is 19.1. The zero-order valence-electron chi connectivity index (χ0n) is 11.9. The van der Waals surface area contributed by atoms with Crippen LogP contribution >= 0.6 is 0 Å².